The molecule has 0 saturated carbocycles. The van der Waals surface area contributed by atoms with Crippen molar-refractivity contribution in [3.05, 3.63) is 76.3 Å². The van der Waals surface area contributed by atoms with Crippen LogP contribution in [0.15, 0.2) is 59.2 Å². The molecule has 0 N–H and O–H groups in total. The van der Waals surface area contributed by atoms with E-state index in [1.807, 2.05) is 30.3 Å². The molecule has 1 fully saturated rings. The van der Waals surface area contributed by atoms with Crippen LogP contribution in [0.4, 0.5) is 4.39 Å². The molecule has 0 aliphatic carbocycles. The molecule has 178 valence electrons. The van der Waals surface area contributed by atoms with Crippen molar-refractivity contribution in [1.29, 1.82) is 0 Å². The Morgan fingerprint density at radius 3 is 2.69 bits per heavy atom. The van der Waals surface area contributed by atoms with Crippen LogP contribution in [0, 0.1) is 18.6 Å². The number of aromatic nitrogens is 5. The zero-order valence-corrected chi connectivity index (χ0v) is 20.7. The lowest BCUT2D eigenvalue weighted by Gasteiger charge is -2.33. The second-order valence-corrected chi connectivity index (χ2v) is 9.90. The van der Waals surface area contributed by atoms with E-state index in [9.17, 15) is 4.39 Å². The molecule has 6 rings (SSSR count). The number of hydrogen-bond acceptors (Lipinski definition) is 4. The van der Waals surface area contributed by atoms with Gasteiger partial charge in [0.2, 0.25) is 0 Å². The van der Waals surface area contributed by atoms with Crippen molar-refractivity contribution in [1.82, 2.24) is 24.5 Å². The highest BCUT2D eigenvalue weighted by Crippen LogP contribution is 2.41. The number of hydrogen-bond donors (Lipinski definition) is 0. The average molecular weight is 537 g/mol. The van der Waals surface area contributed by atoms with E-state index in [1.54, 1.807) is 13.2 Å². The minimum atomic E-state index is -2.42. The fourth-order valence-electron chi connectivity index (χ4n) is 5.32. The Morgan fingerprint density at radius 1 is 1.11 bits per heavy atom. The van der Waals surface area contributed by atoms with Crippen LogP contribution in [0.2, 0.25) is 0 Å². The molecule has 1 saturated heterocycles. The molecule has 1 atom stereocenters. The first kappa shape index (κ1) is 19.1. The maximum Gasteiger partial charge on any atom is 0.123 e. The first-order valence-electron chi connectivity index (χ1n) is 13.1. The Labute approximate surface area is 215 Å². The van der Waals surface area contributed by atoms with Crippen molar-refractivity contribution in [2.24, 2.45) is 13.0 Å². The maximum absolute atomic E-state index is 14.0. The second-order valence-electron chi connectivity index (χ2n) is 8.98. The van der Waals surface area contributed by atoms with Gasteiger partial charge in [-0.25, -0.2) is 9.07 Å². The van der Waals surface area contributed by atoms with E-state index in [-0.39, 0.29) is 23.5 Å². The largest absolute Gasteiger partial charge is 0.381 e. The van der Waals surface area contributed by atoms with Gasteiger partial charge in [-0.3, -0.25) is 4.98 Å². The maximum atomic E-state index is 14.0. The van der Waals surface area contributed by atoms with Crippen molar-refractivity contribution in [2.75, 3.05) is 13.2 Å². The van der Waals surface area contributed by atoms with Crippen LogP contribution < -0.4 is 0 Å². The van der Waals surface area contributed by atoms with Crippen LogP contribution in [0.1, 0.15) is 34.3 Å². The van der Waals surface area contributed by atoms with Gasteiger partial charge in [-0.1, -0.05) is 33.3 Å². The number of rotatable bonds is 4. The lowest BCUT2D eigenvalue weighted by atomic mass is 9.86. The Balaban J connectivity index is 1.66. The summed E-state index contributed by atoms with van der Waals surface area (Å²) in [5, 5.41) is 8.91. The summed E-state index contributed by atoms with van der Waals surface area (Å²) in [5.74, 6) is -0.0351. The van der Waals surface area contributed by atoms with Gasteiger partial charge in [-0.2, -0.15) is 0 Å². The van der Waals surface area contributed by atoms with Gasteiger partial charge in [0.05, 0.1) is 34.0 Å². The summed E-state index contributed by atoms with van der Waals surface area (Å²) in [6, 6.07) is 14.7. The van der Waals surface area contributed by atoms with E-state index in [1.165, 1.54) is 16.8 Å². The third kappa shape index (κ3) is 3.85. The summed E-state index contributed by atoms with van der Waals surface area (Å²) in [7, 11) is 1.68. The molecule has 0 radical (unpaired) electrons. The minimum Gasteiger partial charge on any atom is -0.381 e. The predicted octanol–water partition coefficient (Wildman–Crippen LogP) is 6.21. The fraction of sp³-hybridized carbons (Fsp3) is 0.296. The Hall–Kier alpha value is -3.10. The lowest BCUT2D eigenvalue weighted by molar-refractivity contribution is 0.0552. The topological polar surface area (TPSA) is 57.8 Å². The SMILES string of the molecule is [2H]C([2H])([2H])c1nnn(C)c1-c1cnc2c3cc(Br)ccc3n([C@H](c3ccc(F)cc3)C3CCOCC3)c2c1. The number of nitrogens with zero attached hydrogens (tertiary/aromatic N) is 5. The molecule has 1 aliphatic rings. The molecule has 0 spiro atoms. The summed E-state index contributed by atoms with van der Waals surface area (Å²) in [6.07, 6.45) is 3.41. The first-order valence-corrected chi connectivity index (χ1v) is 12.3. The fourth-order valence-corrected chi connectivity index (χ4v) is 5.68. The standard InChI is InChI=1S/C27H25BrFN5O/c1-16-26(33(2)32-31-16)19-13-24-25(30-15-19)22-14-20(28)5-8-23(22)34(24)27(18-9-11-35-12-10-18)17-3-6-21(29)7-4-17/h3-8,13-15,18,27H,9-12H2,1-2H3/t27-/m1/s1/i1D3. The van der Waals surface area contributed by atoms with Gasteiger partial charge in [0.15, 0.2) is 0 Å². The number of halogens is 2. The summed E-state index contributed by atoms with van der Waals surface area (Å²) in [5.41, 5.74) is 4.60. The Bertz CT molecular complexity index is 1640. The monoisotopic (exact) mass is 536 g/mol. The van der Waals surface area contributed by atoms with E-state index >= 15 is 0 Å². The van der Waals surface area contributed by atoms with Crippen LogP contribution >= 0.6 is 15.9 Å². The van der Waals surface area contributed by atoms with E-state index in [4.69, 9.17) is 13.8 Å². The zero-order chi connectivity index (χ0) is 26.6. The van der Waals surface area contributed by atoms with Crippen molar-refractivity contribution < 1.29 is 13.2 Å². The van der Waals surface area contributed by atoms with Crippen molar-refractivity contribution in [3.63, 3.8) is 0 Å². The van der Waals surface area contributed by atoms with Crippen molar-refractivity contribution in [3.8, 4) is 11.3 Å². The van der Waals surface area contributed by atoms with E-state index in [0.717, 1.165) is 44.8 Å². The highest BCUT2D eigenvalue weighted by atomic mass is 79.9. The number of ether oxygens (including phenoxy) is 1. The molecule has 0 amide bonds. The van der Waals surface area contributed by atoms with Crippen LogP contribution in [-0.4, -0.2) is 37.8 Å². The van der Waals surface area contributed by atoms with Crippen LogP contribution in [0.5, 0.6) is 0 Å². The van der Waals surface area contributed by atoms with E-state index in [0.29, 0.717) is 24.5 Å². The summed E-state index contributed by atoms with van der Waals surface area (Å²) < 4.78 is 48.2. The van der Waals surface area contributed by atoms with Crippen LogP contribution in [0.3, 0.4) is 0 Å². The predicted molar refractivity (Wildman–Crippen MR) is 138 cm³/mol. The Kier molecular flexibility index (Phi) is 4.83. The quantitative estimate of drug-likeness (QED) is 0.274. The van der Waals surface area contributed by atoms with Gasteiger partial charge in [0.25, 0.3) is 0 Å². The molecular weight excluding hydrogens is 509 g/mol. The number of fused-ring (bicyclic) bond motifs is 3. The number of benzene rings is 2. The highest BCUT2D eigenvalue weighted by Gasteiger charge is 2.30. The van der Waals surface area contributed by atoms with Gasteiger partial charge in [0.1, 0.15) is 5.82 Å². The van der Waals surface area contributed by atoms with Crippen molar-refractivity contribution >= 4 is 37.9 Å². The van der Waals surface area contributed by atoms with E-state index < -0.39 is 6.85 Å². The molecule has 2 aromatic carbocycles. The van der Waals surface area contributed by atoms with Gasteiger partial charge < -0.3 is 9.30 Å². The summed E-state index contributed by atoms with van der Waals surface area (Å²) in [6.45, 7) is -1.09. The number of pyridine rings is 1. The molecule has 0 unspecified atom stereocenters. The molecule has 1 aliphatic heterocycles. The second kappa shape index (κ2) is 8.84. The van der Waals surface area contributed by atoms with E-state index in [2.05, 4.69) is 36.9 Å². The average Bonchev–Trinajstić information content (AvgIpc) is 3.44. The first-order chi connectivity index (χ1) is 18.2. The molecule has 4 heterocycles. The van der Waals surface area contributed by atoms with Gasteiger partial charge in [-0.05, 0) is 67.6 Å². The molecule has 8 heteroatoms. The normalized spacial score (nSPS) is 17.4. The smallest absolute Gasteiger partial charge is 0.123 e. The zero-order valence-electron chi connectivity index (χ0n) is 22.1. The van der Waals surface area contributed by atoms with Gasteiger partial charge >= 0.3 is 0 Å². The molecule has 5 aromatic rings. The molecule has 0 bridgehead atoms. The minimum absolute atomic E-state index is 0.0638. The molecular formula is C27H25BrFN5O. The summed E-state index contributed by atoms with van der Waals surface area (Å²) >= 11 is 3.60. The molecule has 6 nitrogen and oxygen atoms in total. The third-order valence-corrected chi connectivity index (χ3v) is 7.40. The molecule has 3 aromatic heterocycles. The summed E-state index contributed by atoms with van der Waals surface area (Å²) in [4.78, 5) is 4.85. The third-order valence-electron chi connectivity index (χ3n) is 6.90. The lowest BCUT2D eigenvalue weighted by Crippen LogP contribution is -2.27. The highest BCUT2D eigenvalue weighted by molar-refractivity contribution is 9.10. The Morgan fingerprint density at radius 2 is 1.91 bits per heavy atom. The van der Waals surface area contributed by atoms with Crippen LogP contribution in [0.25, 0.3) is 33.2 Å². The van der Waals surface area contributed by atoms with Crippen molar-refractivity contribution in [2.45, 2.75) is 25.7 Å². The number of aryl methyl sites for hydroxylation is 2. The van der Waals surface area contributed by atoms with Gasteiger partial charge in [-0.15, -0.1) is 5.10 Å². The van der Waals surface area contributed by atoms with Crippen LogP contribution in [-0.2, 0) is 11.8 Å². The van der Waals surface area contributed by atoms with Gasteiger partial charge in [0, 0.05) is 46.0 Å². The molecule has 35 heavy (non-hydrogen) atoms.